The quantitative estimate of drug-likeness (QED) is 0.514. The Hall–Kier alpha value is -1.14. The number of nitrogens with one attached hydrogen (secondary N) is 1. The zero-order chi connectivity index (χ0) is 14.3. The number of benzene rings is 1. The summed E-state index contributed by atoms with van der Waals surface area (Å²) >= 11 is 0.496. The monoisotopic (exact) mass is 454 g/mol. The molecule has 0 heterocycles. The van der Waals surface area contributed by atoms with Gasteiger partial charge < -0.3 is 0 Å². The van der Waals surface area contributed by atoms with Crippen LogP contribution in [0, 0.1) is 0 Å². The van der Waals surface area contributed by atoms with Gasteiger partial charge in [-0.05, 0) is 0 Å². The van der Waals surface area contributed by atoms with Gasteiger partial charge in [0.05, 0.1) is 0 Å². The van der Waals surface area contributed by atoms with Crippen LogP contribution in [0.5, 0.6) is 5.75 Å². The SMILES string of the molecule is O=C(O)COc1cccc(C(=O)NCC(O)[CH2][Hg])c1. The standard InChI is InChI=1S/C12H14NO5.Hg/c1-8(14)6-13-12(17)9-3-2-4-10(5-9)18-7-11(15)16;/h2-5,8,14H,1,6-7H2,(H,13,17)(H,15,16);. The molecule has 1 atom stereocenters. The molecule has 1 rings (SSSR count). The van der Waals surface area contributed by atoms with Crippen molar-refractivity contribution >= 4 is 11.9 Å². The van der Waals surface area contributed by atoms with Gasteiger partial charge in [0, 0.05) is 0 Å². The van der Waals surface area contributed by atoms with E-state index in [0.29, 0.717) is 37.4 Å². The number of hydrogen-bond acceptors (Lipinski definition) is 4. The molecule has 0 bridgehead atoms. The number of amides is 1. The first-order valence-corrected chi connectivity index (χ1v) is 9.62. The van der Waals surface area contributed by atoms with E-state index in [2.05, 4.69) is 5.32 Å². The summed E-state index contributed by atoms with van der Waals surface area (Å²) in [5.41, 5.74) is 0.369. The number of aliphatic carboxylic acids is 1. The number of carbonyl (C=O) groups excluding carboxylic acids is 1. The third-order valence-corrected chi connectivity index (χ3v) is 4.88. The molecule has 0 spiro atoms. The van der Waals surface area contributed by atoms with Crippen molar-refractivity contribution in [2.45, 2.75) is 10.0 Å². The van der Waals surface area contributed by atoms with E-state index in [1.165, 1.54) is 6.07 Å². The number of aliphatic hydroxyl groups excluding tert-OH is 1. The molecular weight excluding hydrogens is 439 g/mol. The maximum atomic E-state index is 11.8. The van der Waals surface area contributed by atoms with E-state index in [9.17, 15) is 14.7 Å². The van der Waals surface area contributed by atoms with E-state index >= 15 is 0 Å². The molecule has 7 heteroatoms. The molecule has 0 aliphatic rings. The van der Waals surface area contributed by atoms with E-state index in [4.69, 9.17) is 9.84 Å². The van der Waals surface area contributed by atoms with Crippen molar-refractivity contribution in [2.75, 3.05) is 13.2 Å². The first-order valence-electron chi connectivity index (χ1n) is 5.73. The molecule has 1 aromatic carbocycles. The molecule has 0 fully saturated rings. The average Bonchev–Trinajstić information content (AvgIpc) is 2.42. The van der Waals surface area contributed by atoms with E-state index in [1.807, 2.05) is 0 Å². The second kappa shape index (κ2) is 8.11. The Morgan fingerprint density at radius 3 is 2.79 bits per heavy atom. The third-order valence-electron chi connectivity index (χ3n) is 2.29. The van der Waals surface area contributed by atoms with Crippen LogP contribution in [0.3, 0.4) is 0 Å². The first kappa shape index (κ1) is 15.9. The molecule has 0 aromatic heterocycles. The van der Waals surface area contributed by atoms with Crippen LogP contribution in [-0.2, 0) is 30.9 Å². The summed E-state index contributed by atoms with van der Waals surface area (Å²) in [6, 6.07) is 6.25. The number of hydrogen-bond donors (Lipinski definition) is 3. The minimum atomic E-state index is -1.08. The molecule has 3 N–H and O–H groups in total. The zero-order valence-electron chi connectivity index (χ0n) is 10.3. The summed E-state index contributed by atoms with van der Waals surface area (Å²) in [5.74, 6) is -1.07. The molecule has 99 valence electrons. The Bertz CT molecular complexity index is 452. The van der Waals surface area contributed by atoms with Crippen LogP contribution in [-0.4, -0.2) is 41.3 Å². The van der Waals surface area contributed by atoms with Crippen LogP contribution >= 0.6 is 0 Å². The normalized spacial score (nSPS) is 11.7. The van der Waals surface area contributed by atoms with Crippen LogP contribution in [0.4, 0.5) is 0 Å². The zero-order valence-corrected chi connectivity index (χ0v) is 15.8. The molecule has 0 saturated carbocycles. The van der Waals surface area contributed by atoms with Gasteiger partial charge >= 0.3 is 127 Å². The van der Waals surface area contributed by atoms with Crippen molar-refractivity contribution in [1.29, 1.82) is 0 Å². The van der Waals surface area contributed by atoms with Crippen molar-refractivity contribution in [3.05, 3.63) is 29.8 Å². The summed E-state index contributed by atoms with van der Waals surface area (Å²) in [6.45, 7) is -0.228. The summed E-state index contributed by atoms with van der Waals surface area (Å²) in [4.78, 5) is 22.2. The van der Waals surface area contributed by atoms with Gasteiger partial charge in [0.15, 0.2) is 0 Å². The van der Waals surface area contributed by atoms with Crippen molar-refractivity contribution in [1.82, 2.24) is 5.32 Å². The van der Waals surface area contributed by atoms with Crippen molar-refractivity contribution in [2.24, 2.45) is 0 Å². The summed E-state index contributed by atoms with van der Waals surface area (Å²) in [5, 5.41) is 20.5. The number of aliphatic hydroxyl groups is 1. The number of rotatable bonds is 7. The molecule has 6 nitrogen and oxygen atoms in total. The Labute approximate surface area is 126 Å². The number of carboxylic acid groups (broad SMARTS) is 1. The van der Waals surface area contributed by atoms with Gasteiger partial charge in [-0.2, -0.15) is 0 Å². The van der Waals surface area contributed by atoms with E-state index in [0.717, 1.165) is 3.93 Å². The third kappa shape index (κ3) is 6.02. The predicted octanol–water partition coefficient (Wildman–Crippen LogP) is 0.206. The fourth-order valence-corrected chi connectivity index (χ4v) is 2.08. The maximum absolute atomic E-state index is 11.8. The van der Waals surface area contributed by atoms with Gasteiger partial charge in [-0.1, -0.05) is 0 Å². The molecule has 19 heavy (non-hydrogen) atoms. The fraction of sp³-hybridized carbons (Fsp3) is 0.333. The topological polar surface area (TPSA) is 95.9 Å². The molecular formula is C12H14HgNO5. The second-order valence-corrected chi connectivity index (χ2v) is 6.11. The van der Waals surface area contributed by atoms with Gasteiger partial charge in [-0.25, -0.2) is 0 Å². The Kier molecular flexibility index (Phi) is 6.79. The number of carboxylic acids is 1. The molecule has 0 saturated heterocycles. The Balaban J connectivity index is 2.59. The van der Waals surface area contributed by atoms with Crippen LogP contribution < -0.4 is 10.1 Å². The van der Waals surface area contributed by atoms with Gasteiger partial charge in [0.1, 0.15) is 0 Å². The average molecular weight is 453 g/mol. The van der Waals surface area contributed by atoms with Crippen molar-refractivity contribution < 1.29 is 50.7 Å². The number of ether oxygens (including phenoxy) is 1. The van der Waals surface area contributed by atoms with Gasteiger partial charge in [0.2, 0.25) is 0 Å². The molecule has 1 aromatic rings. The minimum absolute atomic E-state index is 0.225. The predicted molar refractivity (Wildman–Crippen MR) is 62.7 cm³/mol. The van der Waals surface area contributed by atoms with Crippen LogP contribution in [0.2, 0.25) is 3.93 Å². The first-order chi connectivity index (χ1) is 9.02. The summed E-state index contributed by atoms with van der Waals surface area (Å²) in [6.07, 6.45) is -0.487. The van der Waals surface area contributed by atoms with Crippen molar-refractivity contribution in [3.8, 4) is 5.75 Å². The molecule has 0 aliphatic heterocycles. The van der Waals surface area contributed by atoms with E-state index in [1.54, 1.807) is 18.2 Å². The van der Waals surface area contributed by atoms with Crippen LogP contribution in [0.15, 0.2) is 24.3 Å². The molecule has 0 radical (unpaired) electrons. The van der Waals surface area contributed by atoms with Crippen LogP contribution in [0.1, 0.15) is 10.4 Å². The fourth-order valence-electron chi connectivity index (χ4n) is 1.29. The second-order valence-electron chi connectivity index (χ2n) is 3.86. The van der Waals surface area contributed by atoms with Gasteiger partial charge in [-0.3, -0.25) is 0 Å². The van der Waals surface area contributed by atoms with Crippen LogP contribution in [0.25, 0.3) is 0 Å². The van der Waals surface area contributed by atoms with E-state index < -0.39 is 18.7 Å². The summed E-state index contributed by atoms with van der Waals surface area (Å²) in [7, 11) is 0. The van der Waals surface area contributed by atoms with E-state index in [-0.39, 0.29) is 12.5 Å². The molecule has 1 unspecified atom stereocenters. The van der Waals surface area contributed by atoms with Gasteiger partial charge in [-0.15, -0.1) is 0 Å². The Morgan fingerprint density at radius 1 is 1.42 bits per heavy atom. The molecule has 1 amide bonds. The number of carbonyl (C=O) groups is 2. The summed E-state index contributed by atoms with van der Waals surface area (Å²) < 4.78 is 5.74. The van der Waals surface area contributed by atoms with Crippen molar-refractivity contribution in [3.63, 3.8) is 0 Å². The Morgan fingerprint density at radius 2 is 2.16 bits per heavy atom. The van der Waals surface area contributed by atoms with Gasteiger partial charge in [0.25, 0.3) is 0 Å². The molecule has 0 aliphatic carbocycles.